The summed E-state index contributed by atoms with van der Waals surface area (Å²) in [5, 5.41) is 4.59. The third kappa shape index (κ3) is 5.37. The highest BCUT2D eigenvalue weighted by atomic mass is 16.5. The minimum absolute atomic E-state index is 0.621. The number of methoxy groups -OCH3 is 1. The number of aryl methyl sites for hydroxylation is 1. The van der Waals surface area contributed by atoms with Crippen LogP contribution in [0.15, 0.2) is 18.2 Å². The average Bonchev–Trinajstić information content (AvgIpc) is 2.66. The standard InChI is InChI=1S/C21H33N5O/c1-16(2)26-11-9-25(10-12-26)15-20-23-19-7-6-17(3)14-18(19)21(24-20)22-8-5-13-27-4/h6-7,14,16H,5,8-13,15H2,1-4H3,(H,22,23,24). The number of rotatable bonds is 8. The number of hydrogen-bond donors (Lipinski definition) is 1. The Morgan fingerprint density at radius 2 is 1.93 bits per heavy atom. The normalized spacial score (nSPS) is 16.3. The van der Waals surface area contributed by atoms with Crippen LogP contribution < -0.4 is 5.32 Å². The van der Waals surface area contributed by atoms with Gasteiger partial charge in [0.25, 0.3) is 0 Å². The van der Waals surface area contributed by atoms with Crippen LogP contribution in [-0.4, -0.2) is 72.3 Å². The zero-order valence-corrected chi connectivity index (χ0v) is 17.2. The molecule has 3 rings (SSSR count). The van der Waals surface area contributed by atoms with Crippen LogP contribution in [0.25, 0.3) is 10.9 Å². The van der Waals surface area contributed by atoms with E-state index in [1.54, 1.807) is 7.11 Å². The van der Waals surface area contributed by atoms with Crippen molar-refractivity contribution in [1.82, 2.24) is 19.8 Å². The van der Waals surface area contributed by atoms with Crippen LogP contribution in [-0.2, 0) is 11.3 Å². The molecule has 0 unspecified atom stereocenters. The predicted octanol–water partition coefficient (Wildman–Crippen LogP) is 2.91. The second-order valence-electron chi connectivity index (χ2n) is 7.69. The van der Waals surface area contributed by atoms with Crippen molar-refractivity contribution in [2.45, 2.75) is 39.8 Å². The highest BCUT2D eigenvalue weighted by Gasteiger charge is 2.20. The van der Waals surface area contributed by atoms with E-state index in [4.69, 9.17) is 14.7 Å². The molecule has 6 nitrogen and oxygen atoms in total. The van der Waals surface area contributed by atoms with Crippen molar-refractivity contribution < 1.29 is 4.74 Å². The predicted molar refractivity (Wildman–Crippen MR) is 111 cm³/mol. The summed E-state index contributed by atoms with van der Waals surface area (Å²) < 4.78 is 5.15. The van der Waals surface area contributed by atoms with Crippen molar-refractivity contribution in [1.29, 1.82) is 0 Å². The molecule has 148 valence electrons. The summed E-state index contributed by atoms with van der Waals surface area (Å²) in [4.78, 5) is 14.7. The maximum absolute atomic E-state index is 5.15. The molecule has 0 aliphatic carbocycles. The zero-order chi connectivity index (χ0) is 19.2. The summed E-state index contributed by atoms with van der Waals surface area (Å²) in [6.45, 7) is 13.4. The highest BCUT2D eigenvalue weighted by Crippen LogP contribution is 2.22. The molecule has 1 aromatic heterocycles. The molecular weight excluding hydrogens is 338 g/mol. The molecule has 27 heavy (non-hydrogen) atoms. The molecule has 1 aromatic carbocycles. The molecule has 1 fully saturated rings. The van der Waals surface area contributed by atoms with E-state index in [1.807, 2.05) is 0 Å². The van der Waals surface area contributed by atoms with Crippen LogP contribution in [0.3, 0.4) is 0 Å². The number of hydrogen-bond acceptors (Lipinski definition) is 6. The summed E-state index contributed by atoms with van der Waals surface area (Å²) in [6.07, 6.45) is 0.959. The number of ether oxygens (including phenoxy) is 1. The molecule has 0 radical (unpaired) electrons. The van der Waals surface area contributed by atoms with Gasteiger partial charge in [0, 0.05) is 57.9 Å². The van der Waals surface area contributed by atoms with Gasteiger partial charge in [-0.1, -0.05) is 11.6 Å². The highest BCUT2D eigenvalue weighted by molar-refractivity contribution is 5.89. The van der Waals surface area contributed by atoms with Gasteiger partial charge in [-0.05, 0) is 39.3 Å². The third-order valence-electron chi connectivity index (χ3n) is 5.22. The lowest BCUT2D eigenvalue weighted by atomic mass is 10.1. The van der Waals surface area contributed by atoms with Gasteiger partial charge in [0.05, 0.1) is 12.1 Å². The maximum Gasteiger partial charge on any atom is 0.145 e. The van der Waals surface area contributed by atoms with Crippen molar-refractivity contribution in [3.05, 3.63) is 29.6 Å². The third-order valence-corrected chi connectivity index (χ3v) is 5.22. The average molecular weight is 372 g/mol. The Hall–Kier alpha value is -1.76. The van der Waals surface area contributed by atoms with Crippen LogP contribution in [0.2, 0.25) is 0 Å². The molecule has 1 N–H and O–H groups in total. The molecule has 1 saturated heterocycles. The van der Waals surface area contributed by atoms with Crippen LogP contribution in [0, 0.1) is 6.92 Å². The van der Waals surface area contributed by atoms with Gasteiger partial charge in [0.1, 0.15) is 11.6 Å². The molecule has 0 amide bonds. The molecule has 0 spiro atoms. The van der Waals surface area contributed by atoms with Crippen molar-refractivity contribution >= 4 is 16.7 Å². The minimum Gasteiger partial charge on any atom is -0.385 e. The van der Waals surface area contributed by atoms with Gasteiger partial charge in [0.2, 0.25) is 0 Å². The number of benzene rings is 1. The van der Waals surface area contributed by atoms with Gasteiger partial charge in [-0.2, -0.15) is 0 Å². The lowest BCUT2D eigenvalue weighted by molar-refractivity contribution is 0.102. The summed E-state index contributed by atoms with van der Waals surface area (Å²) in [5.41, 5.74) is 2.24. The second kappa shape index (κ2) is 9.44. The summed E-state index contributed by atoms with van der Waals surface area (Å²) in [5.74, 6) is 1.84. The molecule has 0 bridgehead atoms. The molecule has 2 aromatic rings. The number of nitrogens with zero attached hydrogens (tertiary/aromatic N) is 4. The number of anilines is 1. The molecule has 0 saturated carbocycles. The Labute approximate surface area is 162 Å². The van der Waals surface area contributed by atoms with Gasteiger partial charge >= 0.3 is 0 Å². The Bertz CT molecular complexity index is 741. The Morgan fingerprint density at radius 1 is 1.15 bits per heavy atom. The Kier molecular flexibility index (Phi) is 6.99. The number of aromatic nitrogens is 2. The smallest absolute Gasteiger partial charge is 0.145 e. The van der Waals surface area contributed by atoms with Crippen LogP contribution in [0.1, 0.15) is 31.7 Å². The van der Waals surface area contributed by atoms with Crippen LogP contribution in [0.5, 0.6) is 0 Å². The van der Waals surface area contributed by atoms with Crippen LogP contribution in [0.4, 0.5) is 5.82 Å². The zero-order valence-electron chi connectivity index (χ0n) is 17.2. The van der Waals surface area contributed by atoms with E-state index >= 15 is 0 Å². The first-order valence-electron chi connectivity index (χ1n) is 10.0. The van der Waals surface area contributed by atoms with E-state index in [9.17, 15) is 0 Å². The van der Waals surface area contributed by atoms with E-state index in [-0.39, 0.29) is 0 Å². The van der Waals surface area contributed by atoms with E-state index in [0.717, 1.165) is 74.8 Å². The van der Waals surface area contributed by atoms with E-state index in [2.05, 4.69) is 54.1 Å². The number of piperazine rings is 1. The van der Waals surface area contributed by atoms with E-state index in [0.29, 0.717) is 6.04 Å². The molecule has 6 heteroatoms. The lowest BCUT2D eigenvalue weighted by Gasteiger charge is -2.36. The molecule has 2 heterocycles. The molecule has 1 aliphatic rings. The van der Waals surface area contributed by atoms with Crippen LogP contribution >= 0.6 is 0 Å². The van der Waals surface area contributed by atoms with Crippen molar-refractivity contribution in [2.75, 3.05) is 51.8 Å². The summed E-state index contributed by atoms with van der Waals surface area (Å²) in [6, 6.07) is 7.01. The summed E-state index contributed by atoms with van der Waals surface area (Å²) >= 11 is 0. The Morgan fingerprint density at radius 3 is 2.63 bits per heavy atom. The largest absolute Gasteiger partial charge is 0.385 e. The fraction of sp³-hybridized carbons (Fsp3) is 0.619. The molecular formula is C21H33N5O. The van der Waals surface area contributed by atoms with Gasteiger partial charge in [0.15, 0.2) is 0 Å². The Balaban J connectivity index is 1.74. The topological polar surface area (TPSA) is 53.5 Å². The first kappa shape index (κ1) is 20.0. The van der Waals surface area contributed by atoms with Crippen molar-refractivity contribution in [3.63, 3.8) is 0 Å². The maximum atomic E-state index is 5.15. The van der Waals surface area contributed by atoms with Gasteiger partial charge in [-0.25, -0.2) is 9.97 Å². The SMILES string of the molecule is COCCCNc1nc(CN2CCN(C(C)C)CC2)nc2ccc(C)cc12. The number of nitrogens with one attached hydrogen (secondary N) is 1. The van der Waals surface area contributed by atoms with Gasteiger partial charge in [-0.3, -0.25) is 9.80 Å². The van der Waals surface area contributed by atoms with Gasteiger partial charge in [-0.15, -0.1) is 0 Å². The summed E-state index contributed by atoms with van der Waals surface area (Å²) in [7, 11) is 1.74. The first-order valence-corrected chi connectivity index (χ1v) is 10.0. The quantitative estimate of drug-likeness (QED) is 0.720. The fourth-order valence-electron chi connectivity index (χ4n) is 3.56. The number of fused-ring (bicyclic) bond motifs is 1. The van der Waals surface area contributed by atoms with Gasteiger partial charge < -0.3 is 10.1 Å². The van der Waals surface area contributed by atoms with E-state index < -0.39 is 0 Å². The monoisotopic (exact) mass is 371 g/mol. The lowest BCUT2D eigenvalue weighted by Crippen LogP contribution is -2.48. The first-order chi connectivity index (χ1) is 13.1. The minimum atomic E-state index is 0.621. The second-order valence-corrected chi connectivity index (χ2v) is 7.69. The van der Waals surface area contributed by atoms with E-state index in [1.165, 1.54) is 5.56 Å². The molecule has 1 aliphatic heterocycles. The molecule has 0 atom stereocenters. The van der Waals surface area contributed by atoms with Crippen molar-refractivity contribution in [2.24, 2.45) is 0 Å². The van der Waals surface area contributed by atoms with Crippen molar-refractivity contribution in [3.8, 4) is 0 Å². The fourth-order valence-corrected chi connectivity index (χ4v) is 3.56.